The Bertz CT molecular complexity index is 2000. The molecule has 0 amide bonds. The van der Waals surface area contributed by atoms with Crippen LogP contribution in [0.4, 0.5) is 26.3 Å². The highest BCUT2D eigenvalue weighted by Gasteiger charge is 2.87. The van der Waals surface area contributed by atoms with Gasteiger partial charge in [0.05, 0.1) is 17.3 Å². The first-order valence-electron chi connectivity index (χ1n) is 14.2. The summed E-state index contributed by atoms with van der Waals surface area (Å²) in [6, 6.07) is 23.9. The van der Waals surface area contributed by atoms with Gasteiger partial charge in [0, 0.05) is 16.1 Å². The number of benzene rings is 3. The highest BCUT2D eigenvalue weighted by atomic mass is 32.2. The van der Waals surface area contributed by atoms with Crippen molar-refractivity contribution < 1.29 is 34.8 Å². The van der Waals surface area contributed by atoms with Gasteiger partial charge in [-0.05, 0) is 40.0 Å². The fraction of sp³-hybridized carbons (Fsp3) is 0.235. The molecule has 0 bridgehead atoms. The Labute approximate surface area is 262 Å². The van der Waals surface area contributed by atoms with E-state index in [9.17, 15) is 0 Å². The third kappa shape index (κ3) is 3.36. The Morgan fingerprint density at radius 2 is 1.09 bits per heavy atom. The molecule has 0 saturated heterocycles. The van der Waals surface area contributed by atoms with Gasteiger partial charge in [-0.2, -0.15) is 26.3 Å². The standard InChI is InChI=1S/C34H26F6O2S2Si/c1-45(2,3)33-25(19-26(43-33)21-13-7-4-8-14-21)29-28(31(35,36)34(39,40)32(29,37)38)24-20-27(22-15-9-5-10-16-22)44(41,42)30(24,33)23-17-11-6-12-18-23/h4-20H,1-3H3. The summed E-state index contributed by atoms with van der Waals surface area (Å²) in [4.78, 5) is -0.0371. The second-order valence-electron chi connectivity index (χ2n) is 12.6. The molecule has 0 N–H and O–H groups in total. The van der Waals surface area contributed by atoms with E-state index < -0.39 is 67.1 Å². The molecule has 2 aliphatic carbocycles. The van der Waals surface area contributed by atoms with Crippen LogP contribution in [0.25, 0.3) is 9.81 Å². The molecule has 1 fully saturated rings. The van der Waals surface area contributed by atoms with E-state index in [1.165, 1.54) is 30.3 Å². The zero-order valence-electron chi connectivity index (χ0n) is 24.2. The summed E-state index contributed by atoms with van der Waals surface area (Å²) >= 11 is 1.02. The van der Waals surface area contributed by atoms with Crippen LogP contribution in [0.5, 0.6) is 0 Å². The topological polar surface area (TPSA) is 34.1 Å². The fourth-order valence-electron chi connectivity index (χ4n) is 7.53. The Kier molecular flexibility index (Phi) is 6.19. The van der Waals surface area contributed by atoms with Gasteiger partial charge in [0.1, 0.15) is 4.75 Å². The van der Waals surface area contributed by atoms with Crippen LogP contribution in [0, 0.1) is 0 Å². The number of sulfone groups is 1. The second kappa shape index (κ2) is 9.16. The molecule has 2 nitrogen and oxygen atoms in total. The van der Waals surface area contributed by atoms with Gasteiger partial charge >= 0.3 is 17.8 Å². The van der Waals surface area contributed by atoms with E-state index in [-0.39, 0.29) is 16.0 Å². The van der Waals surface area contributed by atoms with Crippen LogP contribution in [0.1, 0.15) is 16.7 Å². The minimum Gasteiger partial charge on any atom is -0.222 e. The fourth-order valence-corrected chi connectivity index (χ4v) is 17.0. The van der Waals surface area contributed by atoms with E-state index in [0.717, 1.165) is 17.8 Å². The van der Waals surface area contributed by atoms with E-state index in [1.807, 2.05) is 0 Å². The smallest absolute Gasteiger partial charge is 0.222 e. The van der Waals surface area contributed by atoms with Gasteiger partial charge in [-0.1, -0.05) is 111 Å². The molecule has 4 aliphatic rings. The van der Waals surface area contributed by atoms with E-state index in [1.54, 1.807) is 86.4 Å². The number of hydrogen-bond acceptors (Lipinski definition) is 3. The Morgan fingerprint density at radius 1 is 0.622 bits per heavy atom. The predicted octanol–water partition coefficient (Wildman–Crippen LogP) is 9.28. The molecule has 1 saturated carbocycles. The lowest BCUT2D eigenvalue weighted by molar-refractivity contribution is -0.258. The van der Waals surface area contributed by atoms with Crippen molar-refractivity contribution in [3.8, 4) is 0 Å². The van der Waals surface area contributed by atoms with Gasteiger partial charge in [-0.3, -0.25) is 0 Å². The van der Waals surface area contributed by atoms with Crippen molar-refractivity contribution in [2.45, 2.75) is 46.5 Å². The molecule has 45 heavy (non-hydrogen) atoms. The summed E-state index contributed by atoms with van der Waals surface area (Å²) in [6.45, 7) is 5.32. The first-order chi connectivity index (χ1) is 21.0. The Hall–Kier alpha value is -3.28. The number of allylic oxidation sites excluding steroid dienone is 4. The molecular weight excluding hydrogens is 647 g/mol. The minimum atomic E-state index is -5.82. The van der Waals surface area contributed by atoms with Crippen molar-refractivity contribution in [3.63, 3.8) is 0 Å². The van der Waals surface area contributed by atoms with Crippen molar-refractivity contribution in [3.05, 3.63) is 142 Å². The zero-order valence-corrected chi connectivity index (χ0v) is 26.8. The summed E-state index contributed by atoms with van der Waals surface area (Å²) < 4.78 is 122. The molecule has 3 aromatic carbocycles. The molecule has 0 aromatic heterocycles. The third-order valence-corrected chi connectivity index (χ3v) is 18.4. The molecule has 2 aliphatic heterocycles. The maximum Gasteiger partial charge on any atom is 0.380 e. The first-order valence-corrected chi connectivity index (χ1v) is 20.0. The molecule has 0 spiro atoms. The van der Waals surface area contributed by atoms with E-state index in [4.69, 9.17) is 0 Å². The quantitative estimate of drug-likeness (QED) is 0.205. The molecular formula is C34H26F6O2S2Si. The van der Waals surface area contributed by atoms with Crippen LogP contribution < -0.4 is 0 Å². The van der Waals surface area contributed by atoms with E-state index in [2.05, 4.69) is 0 Å². The van der Waals surface area contributed by atoms with E-state index >= 15 is 34.8 Å². The Balaban J connectivity index is 1.76. The molecule has 11 heteroatoms. The van der Waals surface area contributed by atoms with E-state index in [0.29, 0.717) is 10.5 Å². The number of halogens is 6. The zero-order chi connectivity index (χ0) is 32.4. The number of rotatable bonds is 4. The highest BCUT2D eigenvalue weighted by Crippen LogP contribution is 2.77. The van der Waals surface area contributed by atoms with Crippen LogP contribution in [-0.2, 0) is 14.6 Å². The van der Waals surface area contributed by atoms with Crippen LogP contribution in [0.15, 0.2) is 125 Å². The summed E-state index contributed by atoms with van der Waals surface area (Å²) in [7, 11) is -8.07. The van der Waals surface area contributed by atoms with Gasteiger partial charge in [0.25, 0.3) is 0 Å². The van der Waals surface area contributed by atoms with Gasteiger partial charge in [0.15, 0.2) is 9.84 Å². The molecule has 3 aromatic rings. The van der Waals surface area contributed by atoms with Crippen molar-refractivity contribution in [1.82, 2.24) is 0 Å². The van der Waals surface area contributed by atoms with Gasteiger partial charge < -0.3 is 0 Å². The van der Waals surface area contributed by atoms with Gasteiger partial charge in [0.2, 0.25) is 0 Å². The summed E-state index contributed by atoms with van der Waals surface area (Å²) in [6.07, 6.45) is 2.22. The van der Waals surface area contributed by atoms with Crippen LogP contribution in [0.2, 0.25) is 19.6 Å². The average Bonchev–Trinajstić information content (AvgIpc) is 3.55. The van der Waals surface area contributed by atoms with Gasteiger partial charge in [-0.15, -0.1) is 11.8 Å². The number of alkyl halides is 6. The summed E-state index contributed by atoms with van der Waals surface area (Å²) in [5, 5.41) is 0. The van der Waals surface area contributed by atoms with Gasteiger partial charge in [-0.25, -0.2) is 8.42 Å². The normalized spacial score (nSPS) is 28.7. The van der Waals surface area contributed by atoms with Crippen molar-refractivity contribution in [2.24, 2.45) is 0 Å². The first kappa shape index (κ1) is 30.4. The molecule has 232 valence electrons. The number of fused-ring (bicyclic) bond motifs is 4. The average molecular weight is 673 g/mol. The van der Waals surface area contributed by atoms with Crippen LogP contribution in [0.3, 0.4) is 0 Å². The number of hydrogen-bond donors (Lipinski definition) is 0. The number of thioether (sulfide) groups is 1. The van der Waals surface area contributed by atoms with Crippen molar-refractivity contribution >= 4 is 39.5 Å². The van der Waals surface area contributed by atoms with Crippen LogP contribution >= 0.6 is 11.8 Å². The summed E-state index contributed by atoms with van der Waals surface area (Å²) in [5.41, 5.74) is -3.54. The third-order valence-electron chi connectivity index (χ3n) is 9.32. The van der Waals surface area contributed by atoms with Crippen molar-refractivity contribution in [1.29, 1.82) is 0 Å². The molecule has 2 unspecified atom stereocenters. The molecule has 2 heterocycles. The summed E-state index contributed by atoms with van der Waals surface area (Å²) in [5.74, 6) is -16.5. The lowest BCUT2D eigenvalue weighted by atomic mass is 9.73. The SMILES string of the molecule is C[Si](C)(C)C12SC(c3ccccc3)=CC1=C1C(=C3C=C(c4ccccc4)S(=O)(=O)C32c2ccccc2)C(F)(F)C(F)(F)C1(F)F. The lowest BCUT2D eigenvalue weighted by Gasteiger charge is -2.56. The lowest BCUT2D eigenvalue weighted by Crippen LogP contribution is -2.67. The Morgan fingerprint density at radius 3 is 1.60 bits per heavy atom. The molecule has 0 radical (unpaired) electrons. The second-order valence-corrected chi connectivity index (χ2v) is 21.6. The van der Waals surface area contributed by atoms with Crippen LogP contribution in [-0.4, -0.2) is 38.6 Å². The highest BCUT2D eigenvalue weighted by molar-refractivity contribution is 8.13. The largest absolute Gasteiger partial charge is 0.380 e. The molecule has 2 atom stereocenters. The predicted molar refractivity (Wildman–Crippen MR) is 168 cm³/mol. The monoisotopic (exact) mass is 672 g/mol. The minimum absolute atomic E-state index is 0.0539. The van der Waals surface area contributed by atoms with Crippen molar-refractivity contribution in [2.75, 3.05) is 0 Å². The maximum absolute atomic E-state index is 16.2. The maximum atomic E-state index is 16.2. The molecule has 7 rings (SSSR count).